The number of nitrogens with zero attached hydrogens (tertiary/aromatic N) is 3. The zero-order chi connectivity index (χ0) is 22.1. The summed E-state index contributed by atoms with van der Waals surface area (Å²) in [5, 5.41) is 11.7. The van der Waals surface area contributed by atoms with Crippen LogP contribution in [0.2, 0.25) is 0 Å². The Morgan fingerprint density at radius 3 is 2.74 bits per heavy atom. The molecule has 0 aliphatic carbocycles. The zero-order valence-corrected chi connectivity index (χ0v) is 19.1. The maximum atomic E-state index is 14.9. The first-order chi connectivity index (χ1) is 14.8. The molecular formula is C21H24FN5O2S2. The van der Waals surface area contributed by atoms with Crippen molar-refractivity contribution in [1.29, 1.82) is 0 Å². The largest absolute Gasteiger partial charge is 0.372 e. The van der Waals surface area contributed by atoms with Gasteiger partial charge in [-0.2, -0.15) is 5.10 Å². The van der Waals surface area contributed by atoms with Crippen molar-refractivity contribution in [3.05, 3.63) is 46.3 Å². The van der Waals surface area contributed by atoms with Crippen molar-refractivity contribution in [3.8, 4) is 10.7 Å². The standard InChI is InChI=1S/C21H24FN5O2S2/c1-12-10-26(11-13(2)29-12)17-7-6-15(9-16(17)22)23-20(28)14(3)27-19(24-25-21(27)30)18-5-4-8-31-18/h4-9,12-14H,10-11H2,1-3H3,(H,23,28)(H,25,30). The first-order valence-corrected chi connectivity index (χ1v) is 11.3. The molecule has 3 heterocycles. The van der Waals surface area contributed by atoms with Crippen LogP contribution < -0.4 is 10.2 Å². The Bertz CT molecular complexity index is 1120. The minimum atomic E-state index is -0.632. The summed E-state index contributed by atoms with van der Waals surface area (Å²) in [4.78, 5) is 15.8. The van der Waals surface area contributed by atoms with Crippen LogP contribution in [0.1, 0.15) is 26.8 Å². The van der Waals surface area contributed by atoms with Crippen LogP contribution in [-0.4, -0.2) is 46.0 Å². The van der Waals surface area contributed by atoms with Crippen LogP contribution in [0.25, 0.3) is 10.7 Å². The number of anilines is 2. The van der Waals surface area contributed by atoms with E-state index in [1.807, 2.05) is 36.3 Å². The summed E-state index contributed by atoms with van der Waals surface area (Å²) in [5.74, 6) is -0.0956. The number of nitrogens with one attached hydrogen (secondary N) is 2. The van der Waals surface area contributed by atoms with Crippen molar-refractivity contribution in [2.75, 3.05) is 23.3 Å². The van der Waals surface area contributed by atoms with E-state index < -0.39 is 6.04 Å². The number of morpholine rings is 1. The predicted molar refractivity (Wildman–Crippen MR) is 123 cm³/mol. The Hall–Kier alpha value is -2.56. The summed E-state index contributed by atoms with van der Waals surface area (Å²) < 4.78 is 22.6. The lowest BCUT2D eigenvalue weighted by Crippen LogP contribution is -2.45. The van der Waals surface area contributed by atoms with Crippen LogP contribution in [0, 0.1) is 10.6 Å². The van der Waals surface area contributed by atoms with Crippen LogP contribution in [0.4, 0.5) is 15.8 Å². The molecule has 7 nitrogen and oxygen atoms in total. The molecule has 3 unspecified atom stereocenters. The Balaban J connectivity index is 1.51. The van der Waals surface area contributed by atoms with Gasteiger partial charge in [0.15, 0.2) is 10.6 Å². The average Bonchev–Trinajstić information content (AvgIpc) is 3.36. The molecule has 10 heteroatoms. The summed E-state index contributed by atoms with van der Waals surface area (Å²) in [7, 11) is 0. The summed E-state index contributed by atoms with van der Waals surface area (Å²) >= 11 is 6.84. The first-order valence-electron chi connectivity index (χ1n) is 10.0. The van der Waals surface area contributed by atoms with Crippen LogP contribution in [0.5, 0.6) is 0 Å². The van der Waals surface area contributed by atoms with Crippen LogP contribution in [-0.2, 0) is 9.53 Å². The highest BCUT2D eigenvalue weighted by atomic mass is 32.1. The Morgan fingerprint density at radius 1 is 1.35 bits per heavy atom. The maximum absolute atomic E-state index is 14.9. The quantitative estimate of drug-likeness (QED) is 0.542. The molecule has 4 rings (SSSR count). The molecule has 1 amide bonds. The van der Waals surface area contributed by atoms with Gasteiger partial charge in [-0.1, -0.05) is 6.07 Å². The monoisotopic (exact) mass is 461 g/mol. The molecule has 2 N–H and O–H groups in total. The maximum Gasteiger partial charge on any atom is 0.247 e. The molecule has 3 atom stereocenters. The number of hydrogen-bond donors (Lipinski definition) is 2. The van der Waals surface area contributed by atoms with Crippen molar-refractivity contribution >= 4 is 40.8 Å². The molecule has 0 saturated carbocycles. The Morgan fingerprint density at radius 2 is 2.10 bits per heavy atom. The summed E-state index contributed by atoms with van der Waals surface area (Å²) in [5.41, 5.74) is 0.894. The van der Waals surface area contributed by atoms with E-state index in [1.165, 1.54) is 17.4 Å². The molecule has 3 aromatic rings. The van der Waals surface area contributed by atoms with Gasteiger partial charge in [-0.05, 0) is 62.6 Å². The zero-order valence-electron chi connectivity index (χ0n) is 17.5. The highest BCUT2D eigenvalue weighted by Crippen LogP contribution is 2.28. The lowest BCUT2D eigenvalue weighted by molar-refractivity contribution is -0.118. The first kappa shape index (κ1) is 21.7. The van der Waals surface area contributed by atoms with Gasteiger partial charge < -0.3 is 15.0 Å². The third-order valence-electron chi connectivity index (χ3n) is 5.19. The second-order valence-corrected chi connectivity index (χ2v) is 9.03. The minimum absolute atomic E-state index is 0.0282. The number of ether oxygens (including phenoxy) is 1. The van der Waals surface area contributed by atoms with E-state index in [4.69, 9.17) is 17.0 Å². The van der Waals surface area contributed by atoms with E-state index in [-0.39, 0.29) is 23.9 Å². The molecule has 0 radical (unpaired) electrons. The number of aromatic amines is 1. The van der Waals surface area contributed by atoms with Gasteiger partial charge in [0.05, 0.1) is 22.8 Å². The fourth-order valence-corrected chi connectivity index (χ4v) is 4.82. The van der Waals surface area contributed by atoms with Crippen molar-refractivity contribution in [3.63, 3.8) is 0 Å². The molecule has 1 aliphatic rings. The average molecular weight is 462 g/mol. The highest BCUT2D eigenvalue weighted by molar-refractivity contribution is 7.71. The third kappa shape index (κ3) is 4.56. The van der Waals surface area contributed by atoms with E-state index >= 15 is 0 Å². The number of benzene rings is 1. The van der Waals surface area contributed by atoms with Crippen molar-refractivity contribution in [2.24, 2.45) is 0 Å². The number of rotatable bonds is 5. The van der Waals surface area contributed by atoms with Gasteiger partial charge in [0.2, 0.25) is 5.91 Å². The molecule has 1 aromatic carbocycles. The summed E-state index contributed by atoms with van der Waals surface area (Å²) in [6, 6.07) is 7.95. The highest BCUT2D eigenvalue weighted by Gasteiger charge is 2.25. The predicted octanol–water partition coefficient (Wildman–Crippen LogP) is 4.62. The molecule has 0 bridgehead atoms. The molecule has 2 aromatic heterocycles. The van der Waals surface area contributed by atoms with E-state index in [0.717, 1.165) is 4.88 Å². The van der Waals surface area contributed by atoms with Crippen molar-refractivity contribution in [2.45, 2.75) is 39.0 Å². The minimum Gasteiger partial charge on any atom is -0.372 e. The van der Waals surface area contributed by atoms with Gasteiger partial charge in [-0.15, -0.1) is 11.3 Å². The second-order valence-electron chi connectivity index (χ2n) is 7.69. The molecular weight excluding hydrogens is 437 g/mol. The fourth-order valence-electron chi connectivity index (χ4n) is 3.82. The number of carbonyl (C=O) groups excluding carboxylic acids is 1. The third-order valence-corrected chi connectivity index (χ3v) is 6.34. The molecule has 1 saturated heterocycles. The van der Waals surface area contributed by atoms with Gasteiger partial charge >= 0.3 is 0 Å². The second kappa shape index (κ2) is 8.89. The van der Waals surface area contributed by atoms with Gasteiger partial charge in [0.25, 0.3) is 0 Å². The smallest absolute Gasteiger partial charge is 0.247 e. The molecule has 1 aliphatic heterocycles. The van der Waals surface area contributed by atoms with Gasteiger partial charge in [0, 0.05) is 18.8 Å². The Kier molecular flexibility index (Phi) is 6.22. The number of carbonyl (C=O) groups is 1. The number of aromatic nitrogens is 3. The normalized spacial score (nSPS) is 19.9. The van der Waals surface area contributed by atoms with Gasteiger partial charge in [-0.3, -0.25) is 14.5 Å². The van der Waals surface area contributed by atoms with Crippen LogP contribution in [0.3, 0.4) is 0 Å². The topological polar surface area (TPSA) is 75.2 Å². The number of thiophene rings is 1. The SMILES string of the molecule is CC1CN(c2ccc(NC(=O)C(C)n3c(-c4cccs4)n[nH]c3=S)cc2F)CC(C)O1. The number of H-pyrrole nitrogens is 1. The van der Waals surface area contributed by atoms with Gasteiger partial charge in [-0.25, -0.2) is 4.39 Å². The lowest BCUT2D eigenvalue weighted by atomic mass is 10.1. The number of hydrogen-bond acceptors (Lipinski definition) is 6. The lowest BCUT2D eigenvalue weighted by Gasteiger charge is -2.37. The van der Waals surface area contributed by atoms with E-state index in [2.05, 4.69) is 15.5 Å². The summed E-state index contributed by atoms with van der Waals surface area (Å²) in [6.45, 7) is 6.92. The van der Waals surface area contributed by atoms with Gasteiger partial charge in [0.1, 0.15) is 11.9 Å². The molecule has 31 heavy (non-hydrogen) atoms. The number of halogens is 1. The summed E-state index contributed by atoms with van der Waals surface area (Å²) in [6.07, 6.45) is 0.0565. The van der Waals surface area contributed by atoms with E-state index in [0.29, 0.717) is 35.1 Å². The fraction of sp³-hybridized carbons (Fsp3) is 0.381. The van der Waals surface area contributed by atoms with E-state index in [1.54, 1.807) is 23.6 Å². The van der Waals surface area contributed by atoms with Crippen molar-refractivity contribution in [1.82, 2.24) is 14.8 Å². The van der Waals surface area contributed by atoms with E-state index in [9.17, 15) is 9.18 Å². The molecule has 1 fully saturated rings. The molecule has 0 spiro atoms. The van der Waals surface area contributed by atoms with Crippen molar-refractivity contribution < 1.29 is 13.9 Å². The molecule has 164 valence electrons. The number of amides is 1. The van der Waals surface area contributed by atoms with Crippen LogP contribution >= 0.6 is 23.6 Å². The Labute approximate surface area is 188 Å². The van der Waals surface area contributed by atoms with Crippen LogP contribution in [0.15, 0.2) is 35.7 Å².